The lowest BCUT2D eigenvalue weighted by molar-refractivity contribution is 0.629. The van der Waals surface area contributed by atoms with Crippen molar-refractivity contribution in [2.24, 2.45) is 0 Å². The van der Waals surface area contributed by atoms with Gasteiger partial charge in [-0.1, -0.05) is 23.7 Å². The van der Waals surface area contributed by atoms with Crippen LogP contribution in [0.4, 0.5) is 21.5 Å². The first-order chi connectivity index (χ1) is 8.08. The summed E-state index contributed by atoms with van der Waals surface area (Å²) in [6.07, 6.45) is 0. The van der Waals surface area contributed by atoms with E-state index in [0.29, 0.717) is 11.4 Å². The molecule has 0 aliphatic heterocycles. The first-order valence-corrected chi connectivity index (χ1v) is 5.53. The summed E-state index contributed by atoms with van der Waals surface area (Å²) in [6, 6.07) is 10.2. The van der Waals surface area contributed by atoms with Gasteiger partial charge in [0.2, 0.25) is 0 Å². The lowest BCUT2D eigenvalue weighted by Crippen LogP contribution is -1.98. The normalized spacial score (nSPS) is 10.3. The molecule has 0 aromatic heterocycles. The van der Waals surface area contributed by atoms with E-state index >= 15 is 0 Å². The van der Waals surface area contributed by atoms with Gasteiger partial charge in [-0.25, -0.2) is 4.39 Å². The highest BCUT2D eigenvalue weighted by Gasteiger charge is 2.05. The fourth-order valence-electron chi connectivity index (χ4n) is 1.58. The molecule has 0 saturated heterocycles. The van der Waals surface area contributed by atoms with E-state index in [0.717, 1.165) is 11.3 Å². The topological polar surface area (TPSA) is 38.0 Å². The van der Waals surface area contributed by atoms with Crippen LogP contribution >= 0.6 is 11.6 Å². The maximum absolute atomic E-state index is 13.3. The summed E-state index contributed by atoms with van der Waals surface area (Å²) in [6.45, 7) is 1.94. The number of hydrogen-bond acceptors (Lipinski definition) is 2. The molecule has 0 aliphatic rings. The molecule has 0 atom stereocenters. The highest BCUT2D eigenvalue weighted by atomic mass is 35.5. The van der Waals surface area contributed by atoms with Crippen molar-refractivity contribution >= 4 is 28.7 Å². The first-order valence-electron chi connectivity index (χ1n) is 5.15. The van der Waals surface area contributed by atoms with Crippen molar-refractivity contribution < 1.29 is 4.39 Å². The van der Waals surface area contributed by atoms with Crippen molar-refractivity contribution in [2.75, 3.05) is 11.1 Å². The van der Waals surface area contributed by atoms with Crippen LogP contribution in [0.25, 0.3) is 0 Å². The van der Waals surface area contributed by atoms with E-state index in [1.54, 1.807) is 12.1 Å². The monoisotopic (exact) mass is 250 g/mol. The van der Waals surface area contributed by atoms with Gasteiger partial charge in [-0.15, -0.1) is 0 Å². The second-order valence-corrected chi connectivity index (χ2v) is 4.20. The maximum Gasteiger partial charge on any atom is 0.143 e. The molecule has 88 valence electrons. The Labute approximate surface area is 104 Å². The van der Waals surface area contributed by atoms with E-state index in [-0.39, 0.29) is 5.02 Å². The van der Waals surface area contributed by atoms with Gasteiger partial charge < -0.3 is 11.1 Å². The minimum absolute atomic E-state index is 0.105. The minimum atomic E-state index is -0.455. The van der Waals surface area contributed by atoms with Crippen LogP contribution in [-0.4, -0.2) is 0 Å². The van der Waals surface area contributed by atoms with Gasteiger partial charge >= 0.3 is 0 Å². The maximum atomic E-state index is 13.3. The van der Waals surface area contributed by atoms with Crippen LogP contribution < -0.4 is 11.1 Å². The molecule has 2 aromatic rings. The second kappa shape index (κ2) is 4.63. The standard InChI is InChI=1S/C13H12ClFN2/c1-8-3-2-4-12(16)13(8)17-9-5-6-10(14)11(15)7-9/h2-7,17H,16H2,1H3. The molecule has 0 aliphatic carbocycles. The summed E-state index contributed by atoms with van der Waals surface area (Å²) < 4.78 is 13.3. The van der Waals surface area contributed by atoms with Crippen molar-refractivity contribution in [3.05, 3.63) is 52.8 Å². The Kier molecular flexibility index (Phi) is 3.20. The third-order valence-corrected chi connectivity index (χ3v) is 2.80. The van der Waals surface area contributed by atoms with Crippen LogP contribution in [0.3, 0.4) is 0 Å². The molecular formula is C13H12ClFN2. The third kappa shape index (κ3) is 2.50. The van der Waals surface area contributed by atoms with Crippen LogP contribution in [0.1, 0.15) is 5.56 Å². The minimum Gasteiger partial charge on any atom is -0.397 e. The van der Waals surface area contributed by atoms with Gasteiger partial charge in [-0.05, 0) is 36.8 Å². The van der Waals surface area contributed by atoms with Crippen LogP contribution in [0.15, 0.2) is 36.4 Å². The number of benzene rings is 2. The SMILES string of the molecule is Cc1cccc(N)c1Nc1ccc(Cl)c(F)c1. The third-order valence-electron chi connectivity index (χ3n) is 2.49. The highest BCUT2D eigenvalue weighted by Crippen LogP contribution is 2.28. The molecule has 2 aromatic carbocycles. The van der Waals surface area contributed by atoms with Crippen molar-refractivity contribution in [1.82, 2.24) is 0 Å². The van der Waals surface area contributed by atoms with E-state index in [1.165, 1.54) is 12.1 Å². The number of hydrogen-bond donors (Lipinski definition) is 2. The summed E-state index contributed by atoms with van der Waals surface area (Å²) in [5.74, 6) is -0.455. The molecule has 0 heterocycles. The molecule has 17 heavy (non-hydrogen) atoms. The Hall–Kier alpha value is -1.74. The van der Waals surface area contributed by atoms with E-state index in [2.05, 4.69) is 5.32 Å². The molecule has 0 bridgehead atoms. The molecular weight excluding hydrogens is 239 g/mol. The van der Waals surface area contributed by atoms with Gasteiger partial charge in [0.1, 0.15) is 5.82 Å². The molecule has 0 amide bonds. The number of anilines is 3. The number of aryl methyl sites for hydroxylation is 1. The molecule has 0 radical (unpaired) electrons. The molecule has 0 saturated carbocycles. The van der Waals surface area contributed by atoms with Crippen molar-refractivity contribution in [2.45, 2.75) is 6.92 Å². The average molecular weight is 251 g/mol. The number of nitrogen functional groups attached to an aromatic ring is 1. The number of rotatable bonds is 2. The smallest absolute Gasteiger partial charge is 0.143 e. The van der Waals surface area contributed by atoms with Gasteiger partial charge in [0.25, 0.3) is 0 Å². The molecule has 0 fully saturated rings. The zero-order valence-corrected chi connectivity index (χ0v) is 10.1. The molecule has 2 rings (SSSR count). The lowest BCUT2D eigenvalue weighted by Gasteiger charge is -2.12. The van der Waals surface area contributed by atoms with Gasteiger partial charge in [-0.3, -0.25) is 0 Å². The predicted molar refractivity (Wildman–Crippen MR) is 70.3 cm³/mol. The Balaban J connectivity index is 2.35. The Morgan fingerprint density at radius 2 is 2.00 bits per heavy atom. The number of nitrogens with one attached hydrogen (secondary N) is 1. The number of nitrogens with two attached hydrogens (primary N) is 1. The average Bonchev–Trinajstić information content (AvgIpc) is 2.28. The largest absolute Gasteiger partial charge is 0.397 e. The van der Waals surface area contributed by atoms with E-state index in [9.17, 15) is 4.39 Å². The summed E-state index contributed by atoms with van der Waals surface area (Å²) in [5, 5.41) is 3.19. The highest BCUT2D eigenvalue weighted by molar-refractivity contribution is 6.30. The first kappa shape index (κ1) is 11.7. The van der Waals surface area contributed by atoms with Crippen LogP contribution in [-0.2, 0) is 0 Å². The zero-order chi connectivity index (χ0) is 12.4. The predicted octanol–water partition coefficient (Wildman–Crippen LogP) is 4.11. The van der Waals surface area contributed by atoms with Crippen molar-refractivity contribution in [3.63, 3.8) is 0 Å². The zero-order valence-electron chi connectivity index (χ0n) is 9.30. The van der Waals surface area contributed by atoms with Gasteiger partial charge in [0.15, 0.2) is 0 Å². The van der Waals surface area contributed by atoms with Gasteiger partial charge in [0, 0.05) is 5.69 Å². The van der Waals surface area contributed by atoms with Gasteiger partial charge in [-0.2, -0.15) is 0 Å². The Morgan fingerprint density at radius 3 is 2.65 bits per heavy atom. The van der Waals surface area contributed by atoms with E-state index in [1.807, 2.05) is 19.1 Å². The van der Waals surface area contributed by atoms with Crippen LogP contribution in [0, 0.1) is 12.7 Å². The number of para-hydroxylation sites is 1. The van der Waals surface area contributed by atoms with Crippen molar-refractivity contribution in [3.8, 4) is 0 Å². The molecule has 4 heteroatoms. The summed E-state index contributed by atoms with van der Waals surface area (Å²) in [7, 11) is 0. The Bertz CT molecular complexity index is 535. The number of halogens is 2. The van der Waals surface area contributed by atoms with E-state index < -0.39 is 5.82 Å². The molecule has 2 nitrogen and oxygen atoms in total. The van der Waals surface area contributed by atoms with Crippen LogP contribution in [0.5, 0.6) is 0 Å². The summed E-state index contributed by atoms with van der Waals surface area (Å²) in [4.78, 5) is 0. The molecule has 0 spiro atoms. The van der Waals surface area contributed by atoms with Gasteiger partial charge in [0.05, 0.1) is 16.4 Å². The quantitative estimate of drug-likeness (QED) is 0.787. The lowest BCUT2D eigenvalue weighted by atomic mass is 10.1. The van der Waals surface area contributed by atoms with E-state index in [4.69, 9.17) is 17.3 Å². The molecule has 3 N–H and O–H groups in total. The molecule has 0 unspecified atom stereocenters. The van der Waals surface area contributed by atoms with Crippen molar-refractivity contribution in [1.29, 1.82) is 0 Å². The fraction of sp³-hybridized carbons (Fsp3) is 0.0769. The fourth-order valence-corrected chi connectivity index (χ4v) is 1.70. The summed E-state index contributed by atoms with van der Waals surface area (Å²) in [5.41, 5.74) is 8.89. The second-order valence-electron chi connectivity index (χ2n) is 3.79. The Morgan fingerprint density at radius 1 is 1.24 bits per heavy atom. The summed E-state index contributed by atoms with van der Waals surface area (Å²) >= 11 is 5.62. The van der Waals surface area contributed by atoms with Crippen LogP contribution in [0.2, 0.25) is 5.02 Å².